The Bertz CT molecular complexity index is 615. The summed E-state index contributed by atoms with van der Waals surface area (Å²) in [5.41, 5.74) is 0.524. The Kier molecular flexibility index (Phi) is 1.63. The first-order valence-corrected chi connectivity index (χ1v) is 6.20. The molecule has 2 aromatic heterocycles. The summed E-state index contributed by atoms with van der Waals surface area (Å²) in [6.07, 6.45) is 7.12. The molecular weight excluding hydrogens is 238 g/mol. The van der Waals surface area contributed by atoms with Crippen LogP contribution in [0, 0.1) is 0 Å². The van der Waals surface area contributed by atoms with Gasteiger partial charge in [0, 0.05) is 6.20 Å². The van der Waals surface area contributed by atoms with E-state index in [1.807, 2.05) is 12.3 Å². The third-order valence-electron chi connectivity index (χ3n) is 4.32. The van der Waals surface area contributed by atoms with Crippen LogP contribution < -0.4 is 0 Å². The monoisotopic (exact) mass is 249 g/mol. The molecule has 2 heterocycles. The topological polar surface area (TPSA) is 50.9 Å². The molecule has 3 fully saturated rings. The molecule has 2 aromatic rings. The zero-order chi connectivity index (χ0) is 11.7. The van der Waals surface area contributed by atoms with E-state index in [1.165, 1.54) is 6.33 Å². The molecule has 0 aromatic carbocycles. The summed E-state index contributed by atoms with van der Waals surface area (Å²) < 4.78 is 2.18. The van der Waals surface area contributed by atoms with Gasteiger partial charge in [-0.1, -0.05) is 11.6 Å². The average molecular weight is 250 g/mol. The SMILES string of the molecule is OC12CCC(n3ccc4c(Cl)ncnc43)(C1)C2. The molecular formula is C12H12ClN3O. The molecule has 5 heteroatoms. The predicted molar refractivity (Wildman–Crippen MR) is 63.9 cm³/mol. The van der Waals surface area contributed by atoms with Crippen molar-refractivity contribution in [2.75, 3.05) is 0 Å². The Morgan fingerprint density at radius 1 is 1.29 bits per heavy atom. The fourth-order valence-electron chi connectivity index (χ4n) is 3.59. The van der Waals surface area contributed by atoms with Gasteiger partial charge in [0.1, 0.15) is 17.1 Å². The molecule has 0 atom stereocenters. The highest BCUT2D eigenvalue weighted by Crippen LogP contribution is 2.60. The van der Waals surface area contributed by atoms with Crippen LogP contribution in [0.25, 0.3) is 11.0 Å². The van der Waals surface area contributed by atoms with Crippen molar-refractivity contribution in [2.24, 2.45) is 0 Å². The first kappa shape index (κ1) is 9.85. The Morgan fingerprint density at radius 2 is 2.12 bits per heavy atom. The molecule has 3 aliphatic carbocycles. The van der Waals surface area contributed by atoms with Crippen molar-refractivity contribution in [1.82, 2.24) is 14.5 Å². The highest BCUT2D eigenvalue weighted by Gasteiger charge is 2.61. The quantitative estimate of drug-likeness (QED) is 0.788. The van der Waals surface area contributed by atoms with Crippen LogP contribution in [0.4, 0.5) is 0 Å². The number of hydrogen-bond acceptors (Lipinski definition) is 3. The number of aromatic nitrogens is 3. The Hall–Kier alpha value is -1.13. The maximum Gasteiger partial charge on any atom is 0.145 e. The molecule has 17 heavy (non-hydrogen) atoms. The van der Waals surface area contributed by atoms with Crippen LogP contribution in [0.15, 0.2) is 18.6 Å². The molecule has 0 amide bonds. The van der Waals surface area contributed by atoms with E-state index in [9.17, 15) is 5.11 Å². The summed E-state index contributed by atoms with van der Waals surface area (Å²) in [5, 5.41) is 11.5. The second-order valence-corrected chi connectivity index (χ2v) is 5.75. The zero-order valence-electron chi connectivity index (χ0n) is 9.23. The first-order valence-electron chi connectivity index (χ1n) is 5.82. The Labute approximate surface area is 103 Å². The van der Waals surface area contributed by atoms with Crippen LogP contribution in [0.2, 0.25) is 5.15 Å². The van der Waals surface area contributed by atoms with E-state index < -0.39 is 5.60 Å². The Balaban J connectivity index is 1.91. The molecule has 0 aliphatic heterocycles. The van der Waals surface area contributed by atoms with Crippen LogP contribution >= 0.6 is 11.6 Å². The second-order valence-electron chi connectivity index (χ2n) is 5.39. The molecule has 0 unspecified atom stereocenters. The largest absolute Gasteiger partial charge is 0.390 e. The molecule has 4 nitrogen and oxygen atoms in total. The minimum atomic E-state index is -0.423. The third-order valence-corrected chi connectivity index (χ3v) is 4.62. The fraction of sp³-hybridized carbons (Fsp3) is 0.500. The van der Waals surface area contributed by atoms with Crippen LogP contribution in [-0.2, 0) is 5.54 Å². The summed E-state index contributed by atoms with van der Waals surface area (Å²) >= 11 is 6.05. The highest BCUT2D eigenvalue weighted by molar-refractivity contribution is 6.33. The lowest BCUT2D eigenvalue weighted by molar-refractivity contribution is -0.0578. The van der Waals surface area contributed by atoms with Crippen LogP contribution in [-0.4, -0.2) is 25.2 Å². The van der Waals surface area contributed by atoms with Gasteiger partial charge in [-0.15, -0.1) is 0 Å². The van der Waals surface area contributed by atoms with E-state index >= 15 is 0 Å². The van der Waals surface area contributed by atoms with Crippen LogP contribution in [0.3, 0.4) is 0 Å². The van der Waals surface area contributed by atoms with E-state index in [-0.39, 0.29) is 5.54 Å². The minimum absolute atomic E-state index is 0.0637. The molecule has 1 N–H and O–H groups in total. The van der Waals surface area contributed by atoms with Gasteiger partial charge in [-0.05, 0) is 31.7 Å². The third kappa shape index (κ3) is 1.12. The van der Waals surface area contributed by atoms with Crippen LogP contribution in [0.1, 0.15) is 25.7 Å². The van der Waals surface area contributed by atoms with E-state index in [4.69, 9.17) is 11.6 Å². The maximum absolute atomic E-state index is 10.1. The lowest BCUT2D eigenvalue weighted by Gasteiger charge is -2.45. The molecule has 5 rings (SSSR count). The van der Waals surface area contributed by atoms with Gasteiger partial charge in [-0.3, -0.25) is 0 Å². The van der Waals surface area contributed by atoms with Crippen molar-refractivity contribution in [3.8, 4) is 0 Å². The van der Waals surface area contributed by atoms with Gasteiger partial charge in [0.15, 0.2) is 0 Å². The fourth-order valence-corrected chi connectivity index (χ4v) is 3.78. The molecule has 88 valence electrons. The normalized spacial score (nSPS) is 35.2. The molecule has 3 saturated carbocycles. The smallest absolute Gasteiger partial charge is 0.145 e. The molecule has 2 bridgehead atoms. The summed E-state index contributed by atoms with van der Waals surface area (Å²) in [7, 11) is 0. The second kappa shape index (κ2) is 2.82. The van der Waals surface area contributed by atoms with Gasteiger partial charge < -0.3 is 9.67 Å². The van der Waals surface area contributed by atoms with Gasteiger partial charge in [-0.2, -0.15) is 0 Å². The van der Waals surface area contributed by atoms with E-state index in [1.54, 1.807) is 0 Å². The van der Waals surface area contributed by atoms with E-state index in [0.29, 0.717) is 5.15 Å². The van der Waals surface area contributed by atoms with Gasteiger partial charge in [0.2, 0.25) is 0 Å². The predicted octanol–water partition coefficient (Wildman–Crippen LogP) is 2.10. The van der Waals surface area contributed by atoms with Crippen molar-refractivity contribution in [3.63, 3.8) is 0 Å². The summed E-state index contributed by atoms with van der Waals surface area (Å²) in [6.45, 7) is 0. The number of nitrogens with zero attached hydrogens (tertiary/aromatic N) is 3. The maximum atomic E-state index is 10.1. The number of aliphatic hydroxyl groups is 1. The van der Waals surface area contributed by atoms with Gasteiger partial charge in [-0.25, -0.2) is 9.97 Å². The molecule has 0 saturated heterocycles. The number of rotatable bonds is 1. The molecule has 0 spiro atoms. The summed E-state index contributed by atoms with van der Waals surface area (Å²) in [4.78, 5) is 8.31. The van der Waals surface area contributed by atoms with Crippen LogP contribution in [0.5, 0.6) is 0 Å². The zero-order valence-corrected chi connectivity index (χ0v) is 9.98. The molecule has 0 radical (unpaired) electrons. The van der Waals surface area contributed by atoms with Crippen molar-refractivity contribution < 1.29 is 5.11 Å². The van der Waals surface area contributed by atoms with Crippen molar-refractivity contribution in [2.45, 2.75) is 36.8 Å². The van der Waals surface area contributed by atoms with E-state index in [0.717, 1.165) is 36.7 Å². The van der Waals surface area contributed by atoms with Crippen molar-refractivity contribution in [3.05, 3.63) is 23.7 Å². The van der Waals surface area contributed by atoms with Gasteiger partial charge >= 0.3 is 0 Å². The highest BCUT2D eigenvalue weighted by atomic mass is 35.5. The number of fused-ring (bicyclic) bond motifs is 2. The summed E-state index contributed by atoms with van der Waals surface area (Å²) in [6, 6.07) is 1.96. The van der Waals surface area contributed by atoms with E-state index in [2.05, 4.69) is 14.5 Å². The lowest BCUT2D eigenvalue weighted by atomic mass is 9.73. The first-order chi connectivity index (χ1) is 8.12. The van der Waals surface area contributed by atoms with Crippen molar-refractivity contribution >= 4 is 22.6 Å². The minimum Gasteiger partial charge on any atom is -0.390 e. The summed E-state index contributed by atoms with van der Waals surface area (Å²) in [5.74, 6) is 0. The van der Waals surface area contributed by atoms with Gasteiger partial charge in [0.25, 0.3) is 0 Å². The lowest BCUT2D eigenvalue weighted by Crippen LogP contribution is -2.49. The standard InChI is InChI=1S/C12H12ClN3O/c13-9-8-1-4-16(10(8)15-7-14-9)11-2-3-12(17,5-11)6-11/h1,4,7,17H,2-3,5-6H2. The van der Waals surface area contributed by atoms with Gasteiger partial charge in [0.05, 0.1) is 16.5 Å². The average Bonchev–Trinajstić information content (AvgIpc) is 2.88. The molecule has 3 aliphatic rings. The number of hydrogen-bond donors (Lipinski definition) is 1. The van der Waals surface area contributed by atoms with Crippen molar-refractivity contribution in [1.29, 1.82) is 0 Å². The number of halogens is 1. The Morgan fingerprint density at radius 3 is 2.82 bits per heavy atom.